The number of carbonyl (C=O) groups excluding carboxylic acids is 1. The lowest BCUT2D eigenvalue weighted by molar-refractivity contribution is 0.261. The molecule has 3 rings (SSSR count). The first-order valence-corrected chi connectivity index (χ1v) is 7.79. The lowest BCUT2D eigenvalue weighted by Gasteiger charge is -2.09. The number of rotatable bonds is 5. The normalized spacial score (nSPS) is 10.2. The van der Waals surface area contributed by atoms with Crippen molar-refractivity contribution >= 4 is 29.1 Å². The van der Waals surface area contributed by atoms with Gasteiger partial charge in [-0.1, -0.05) is 5.10 Å². The third-order valence-corrected chi connectivity index (χ3v) is 3.71. The summed E-state index contributed by atoms with van der Waals surface area (Å²) in [6.07, 6.45) is 0. The fraction of sp³-hybridized carbons (Fsp3) is 0.133. The van der Waals surface area contributed by atoms with E-state index in [-0.39, 0.29) is 6.01 Å². The Labute approximate surface area is 141 Å². The predicted molar refractivity (Wildman–Crippen MR) is 89.8 cm³/mol. The van der Waals surface area contributed by atoms with Gasteiger partial charge >= 0.3 is 12.0 Å². The van der Waals surface area contributed by atoms with Gasteiger partial charge in [-0.25, -0.2) is 4.79 Å². The largest absolute Gasteiger partial charge is 0.497 e. The Hall–Kier alpha value is -3.07. The van der Waals surface area contributed by atoms with Gasteiger partial charge in [0.1, 0.15) is 11.5 Å². The zero-order valence-corrected chi connectivity index (χ0v) is 13.7. The second kappa shape index (κ2) is 7.01. The number of thiophene rings is 1. The van der Waals surface area contributed by atoms with Crippen LogP contribution in [0.3, 0.4) is 0 Å². The molecular formula is C15H14N4O4S. The molecule has 24 heavy (non-hydrogen) atoms. The highest BCUT2D eigenvalue weighted by atomic mass is 32.1. The predicted octanol–water partition coefficient (Wildman–Crippen LogP) is 3.46. The Morgan fingerprint density at radius 2 is 1.88 bits per heavy atom. The summed E-state index contributed by atoms with van der Waals surface area (Å²) in [4.78, 5) is 12.0. The summed E-state index contributed by atoms with van der Waals surface area (Å²) < 4.78 is 15.7. The summed E-state index contributed by atoms with van der Waals surface area (Å²) in [5, 5.41) is 16.6. The molecule has 0 fully saturated rings. The van der Waals surface area contributed by atoms with Gasteiger partial charge in [-0.15, -0.1) is 5.10 Å². The molecule has 2 heterocycles. The second-order valence-electron chi connectivity index (χ2n) is 4.60. The Morgan fingerprint density at radius 3 is 2.50 bits per heavy atom. The van der Waals surface area contributed by atoms with Gasteiger partial charge in [-0.3, -0.25) is 5.32 Å². The van der Waals surface area contributed by atoms with Crippen LogP contribution in [0.5, 0.6) is 11.5 Å². The Morgan fingerprint density at radius 1 is 1.12 bits per heavy atom. The molecule has 0 saturated carbocycles. The summed E-state index contributed by atoms with van der Waals surface area (Å²) in [5.41, 5.74) is 1.31. The quantitative estimate of drug-likeness (QED) is 0.734. The van der Waals surface area contributed by atoms with Crippen LogP contribution >= 0.6 is 11.3 Å². The fourth-order valence-corrected chi connectivity index (χ4v) is 2.55. The molecular weight excluding hydrogens is 332 g/mol. The average Bonchev–Trinajstić information content (AvgIpc) is 3.25. The highest BCUT2D eigenvalue weighted by Gasteiger charge is 2.12. The molecule has 0 aliphatic heterocycles. The van der Waals surface area contributed by atoms with Crippen molar-refractivity contribution < 1.29 is 18.7 Å². The maximum Gasteiger partial charge on any atom is 0.327 e. The molecule has 0 unspecified atom stereocenters. The van der Waals surface area contributed by atoms with Crippen molar-refractivity contribution in [3.63, 3.8) is 0 Å². The van der Waals surface area contributed by atoms with E-state index in [1.165, 1.54) is 25.6 Å². The van der Waals surface area contributed by atoms with Crippen molar-refractivity contribution in [3.05, 3.63) is 35.0 Å². The number of hydrogen-bond acceptors (Lipinski definition) is 7. The van der Waals surface area contributed by atoms with Crippen LogP contribution in [-0.2, 0) is 0 Å². The molecule has 0 aliphatic rings. The summed E-state index contributed by atoms with van der Waals surface area (Å²) >= 11 is 1.52. The Balaban J connectivity index is 1.68. The minimum absolute atomic E-state index is 0.00330. The molecule has 0 bridgehead atoms. The minimum Gasteiger partial charge on any atom is -0.497 e. The van der Waals surface area contributed by atoms with E-state index in [0.717, 1.165) is 5.56 Å². The number of methoxy groups -OCH3 is 2. The van der Waals surface area contributed by atoms with Gasteiger partial charge in [0, 0.05) is 34.8 Å². The van der Waals surface area contributed by atoms with Gasteiger partial charge < -0.3 is 19.2 Å². The molecule has 0 spiro atoms. The smallest absolute Gasteiger partial charge is 0.327 e. The van der Waals surface area contributed by atoms with Crippen molar-refractivity contribution in [1.82, 2.24) is 10.2 Å². The lowest BCUT2D eigenvalue weighted by Crippen LogP contribution is -2.19. The number of amides is 2. The molecule has 1 aromatic carbocycles. The van der Waals surface area contributed by atoms with E-state index < -0.39 is 6.03 Å². The van der Waals surface area contributed by atoms with Gasteiger partial charge in [0.05, 0.1) is 14.2 Å². The minimum atomic E-state index is -0.522. The molecule has 3 aromatic rings. The molecule has 0 aliphatic carbocycles. The van der Waals surface area contributed by atoms with Crippen LogP contribution in [0.25, 0.3) is 11.5 Å². The number of benzene rings is 1. The van der Waals surface area contributed by atoms with E-state index in [9.17, 15) is 4.79 Å². The SMILES string of the molecule is COc1cc(NC(=O)Nc2nnc(-c3ccsc3)o2)cc(OC)c1. The van der Waals surface area contributed by atoms with Crippen LogP contribution in [0.4, 0.5) is 16.5 Å². The van der Waals surface area contributed by atoms with Gasteiger partial charge in [0.15, 0.2) is 0 Å². The first-order chi connectivity index (χ1) is 11.7. The molecule has 0 saturated heterocycles. The highest BCUT2D eigenvalue weighted by Crippen LogP contribution is 2.26. The van der Waals surface area contributed by atoms with Gasteiger partial charge in [0.2, 0.25) is 0 Å². The third kappa shape index (κ3) is 3.63. The summed E-state index contributed by atoms with van der Waals surface area (Å²) in [7, 11) is 3.06. The zero-order valence-electron chi connectivity index (χ0n) is 12.9. The monoisotopic (exact) mass is 346 g/mol. The molecule has 0 atom stereocenters. The van der Waals surface area contributed by atoms with E-state index in [4.69, 9.17) is 13.9 Å². The average molecular weight is 346 g/mol. The summed E-state index contributed by atoms with van der Waals surface area (Å²) in [6, 6.07) is 6.35. The number of hydrogen-bond donors (Lipinski definition) is 2. The Bertz CT molecular complexity index is 810. The molecule has 2 amide bonds. The standard InChI is InChI=1S/C15H14N4O4S/c1-21-11-5-10(6-12(7-11)22-2)16-14(20)17-15-19-18-13(23-15)9-3-4-24-8-9/h3-8H,1-2H3,(H2,16,17,19,20). The molecule has 0 radical (unpaired) electrons. The number of nitrogens with zero attached hydrogens (tertiary/aromatic N) is 2. The van der Waals surface area contributed by atoms with Crippen molar-refractivity contribution in [2.24, 2.45) is 0 Å². The highest BCUT2D eigenvalue weighted by molar-refractivity contribution is 7.08. The van der Waals surface area contributed by atoms with Gasteiger partial charge in [-0.2, -0.15) is 11.3 Å². The maximum atomic E-state index is 12.0. The van der Waals surface area contributed by atoms with Crippen molar-refractivity contribution in [1.29, 1.82) is 0 Å². The number of carbonyl (C=O) groups is 1. The number of nitrogens with one attached hydrogen (secondary N) is 2. The maximum absolute atomic E-state index is 12.0. The first-order valence-electron chi connectivity index (χ1n) is 6.85. The van der Waals surface area contributed by atoms with Crippen LogP contribution in [0.2, 0.25) is 0 Å². The number of aromatic nitrogens is 2. The van der Waals surface area contributed by atoms with Gasteiger partial charge in [-0.05, 0) is 11.4 Å². The van der Waals surface area contributed by atoms with Crippen LogP contribution in [-0.4, -0.2) is 30.4 Å². The van der Waals surface area contributed by atoms with Crippen molar-refractivity contribution in [2.45, 2.75) is 0 Å². The number of ether oxygens (including phenoxy) is 2. The molecule has 2 aromatic heterocycles. The Kier molecular flexibility index (Phi) is 4.62. The van der Waals surface area contributed by atoms with Crippen LogP contribution in [0.1, 0.15) is 0 Å². The van der Waals surface area contributed by atoms with E-state index in [0.29, 0.717) is 23.1 Å². The zero-order chi connectivity index (χ0) is 16.9. The molecule has 9 heteroatoms. The summed E-state index contributed by atoms with van der Waals surface area (Å²) in [6.45, 7) is 0. The van der Waals surface area contributed by atoms with Crippen LogP contribution < -0.4 is 20.1 Å². The lowest BCUT2D eigenvalue weighted by atomic mass is 10.3. The second-order valence-corrected chi connectivity index (χ2v) is 5.38. The number of anilines is 2. The summed E-state index contributed by atoms with van der Waals surface area (Å²) in [5.74, 6) is 1.46. The van der Waals surface area contributed by atoms with E-state index in [2.05, 4.69) is 20.8 Å². The number of urea groups is 1. The molecule has 8 nitrogen and oxygen atoms in total. The first kappa shape index (κ1) is 15.8. The van der Waals surface area contributed by atoms with Crippen molar-refractivity contribution in [2.75, 3.05) is 24.9 Å². The van der Waals surface area contributed by atoms with Crippen molar-refractivity contribution in [3.8, 4) is 23.0 Å². The third-order valence-electron chi connectivity index (χ3n) is 3.02. The fourth-order valence-electron chi connectivity index (χ4n) is 1.92. The van der Waals surface area contributed by atoms with E-state index in [1.807, 2.05) is 16.8 Å². The van der Waals surface area contributed by atoms with Crippen LogP contribution in [0, 0.1) is 0 Å². The van der Waals surface area contributed by atoms with Gasteiger partial charge in [0.25, 0.3) is 5.89 Å². The topological polar surface area (TPSA) is 98.5 Å². The molecule has 124 valence electrons. The van der Waals surface area contributed by atoms with E-state index >= 15 is 0 Å². The molecule has 2 N–H and O–H groups in total. The van der Waals surface area contributed by atoms with E-state index in [1.54, 1.807) is 18.2 Å². The van der Waals surface area contributed by atoms with Crippen LogP contribution in [0.15, 0.2) is 39.4 Å².